The van der Waals surface area contributed by atoms with Gasteiger partial charge in [0.15, 0.2) is 0 Å². The molecule has 1 atom stereocenters. The first-order chi connectivity index (χ1) is 13.3. The molecular formula is C21H25N3O3. The second kappa shape index (κ2) is 8.50. The van der Waals surface area contributed by atoms with Gasteiger partial charge in [-0.25, -0.2) is 0 Å². The van der Waals surface area contributed by atoms with Crippen molar-refractivity contribution in [3.63, 3.8) is 0 Å². The SMILES string of the molecule is O=C(C1CCCO1)N1CCN(Cc2ccccc2Oc2cccnc2)CC1. The van der Waals surface area contributed by atoms with Crippen molar-refractivity contribution >= 4 is 5.91 Å². The average molecular weight is 367 g/mol. The van der Waals surface area contributed by atoms with E-state index in [0.29, 0.717) is 6.61 Å². The fourth-order valence-corrected chi connectivity index (χ4v) is 3.61. The molecule has 2 aliphatic heterocycles. The van der Waals surface area contributed by atoms with Crippen molar-refractivity contribution in [2.24, 2.45) is 0 Å². The zero-order chi connectivity index (χ0) is 18.5. The average Bonchev–Trinajstić information content (AvgIpc) is 3.25. The molecule has 2 saturated heterocycles. The molecule has 0 N–H and O–H groups in total. The molecule has 4 rings (SSSR count). The minimum atomic E-state index is -0.217. The number of para-hydroxylation sites is 1. The molecule has 1 amide bonds. The Balaban J connectivity index is 1.34. The van der Waals surface area contributed by atoms with E-state index in [1.165, 1.54) is 0 Å². The summed E-state index contributed by atoms with van der Waals surface area (Å²) in [4.78, 5) is 20.9. The predicted octanol–water partition coefficient (Wildman–Crippen LogP) is 2.70. The topological polar surface area (TPSA) is 54.9 Å². The minimum Gasteiger partial charge on any atom is -0.455 e. The third-order valence-electron chi connectivity index (χ3n) is 5.12. The van der Waals surface area contributed by atoms with E-state index in [9.17, 15) is 4.79 Å². The number of ether oxygens (including phenoxy) is 2. The highest BCUT2D eigenvalue weighted by Crippen LogP contribution is 2.26. The van der Waals surface area contributed by atoms with E-state index in [2.05, 4.69) is 16.0 Å². The molecule has 3 heterocycles. The maximum absolute atomic E-state index is 12.5. The first-order valence-corrected chi connectivity index (χ1v) is 9.58. The normalized spacial score (nSPS) is 20.6. The maximum Gasteiger partial charge on any atom is 0.251 e. The van der Waals surface area contributed by atoms with E-state index in [0.717, 1.165) is 62.6 Å². The van der Waals surface area contributed by atoms with Gasteiger partial charge in [-0.1, -0.05) is 18.2 Å². The Kier molecular flexibility index (Phi) is 5.65. The first-order valence-electron chi connectivity index (χ1n) is 9.58. The van der Waals surface area contributed by atoms with Crippen LogP contribution in [-0.4, -0.2) is 59.6 Å². The Morgan fingerprint density at radius 1 is 1.15 bits per heavy atom. The van der Waals surface area contributed by atoms with Gasteiger partial charge in [-0.05, 0) is 31.0 Å². The van der Waals surface area contributed by atoms with Gasteiger partial charge in [0, 0.05) is 51.1 Å². The summed E-state index contributed by atoms with van der Waals surface area (Å²) in [7, 11) is 0. The molecule has 2 aromatic rings. The lowest BCUT2D eigenvalue weighted by molar-refractivity contribution is -0.142. The van der Waals surface area contributed by atoms with Crippen LogP contribution in [0.3, 0.4) is 0 Å². The van der Waals surface area contributed by atoms with Crippen molar-refractivity contribution in [2.45, 2.75) is 25.5 Å². The molecule has 0 saturated carbocycles. The lowest BCUT2D eigenvalue weighted by Gasteiger charge is -2.35. The van der Waals surface area contributed by atoms with E-state index in [4.69, 9.17) is 9.47 Å². The van der Waals surface area contributed by atoms with Gasteiger partial charge < -0.3 is 14.4 Å². The summed E-state index contributed by atoms with van der Waals surface area (Å²) in [5.41, 5.74) is 1.14. The van der Waals surface area contributed by atoms with Crippen molar-refractivity contribution in [3.8, 4) is 11.5 Å². The fourth-order valence-electron chi connectivity index (χ4n) is 3.61. The molecule has 1 aromatic heterocycles. The lowest BCUT2D eigenvalue weighted by Crippen LogP contribution is -2.51. The molecule has 6 nitrogen and oxygen atoms in total. The van der Waals surface area contributed by atoms with Crippen LogP contribution in [0.2, 0.25) is 0 Å². The molecule has 0 bridgehead atoms. The van der Waals surface area contributed by atoms with Gasteiger partial charge in [0.05, 0.1) is 6.20 Å². The second-order valence-electron chi connectivity index (χ2n) is 7.00. The number of hydrogen-bond acceptors (Lipinski definition) is 5. The highest BCUT2D eigenvalue weighted by Gasteiger charge is 2.30. The summed E-state index contributed by atoms with van der Waals surface area (Å²) >= 11 is 0. The highest BCUT2D eigenvalue weighted by molar-refractivity contribution is 5.81. The van der Waals surface area contributed by atoms with Crippen LogP contribution in [0, 0.1) is 0 Å². The summed E-state index contributed by atoms with van der Waals surface area (Å²) in [6, 6.07) is 11.9. The summed E-state index contributed by atoms with van der Waals surface area (Å²) in [5.74, 6) is 1.74. The third kappa shape index (κ3) is 4.46. The van der Waals surface area contributed by atoms with Crippen LogP contribution in [0.25, 0.3) is 0 Å². The Bertz CT molecular complexity index is 754. The number of rotatable bonds is 5. The number of pyridine rings is 1. The Labute approximate surface area is 159 Å². The van der Waals surface area contributed by atoms with Gasteiger partial charge in [0.1, 0.15) is 17.6 Å². The number of carbonyl (C=O) groups excluding carboxylic acids is 1. The number of aromatic nitrogens is 1. The Hall–Kier alpha value is -2.44. The predicted molar refractivity (Wildman–Crippen MR) is 102 cm³/mol. The minimum absolute atomic E-state index is 0.160. The van der Waals surface area contributed by atoms with E-state index in [-0.39, 0.29) is 12.0 Å². The number of piperazine rings is 1. The van der Waals surface area contributed by atoms with Gasteiger partial charge in [0.25, 0.3) is 5.91 Å². The van der Waals surface area contributed by atoms with Gasteiger partial charge >= 0.3 is 0 Å². The van der Waals surface area contributed by atoms with Gasteiger partial charge in [-0.15, -0.1) is 0 Å². The number of nitrogens with zero attached hydrogens (tertiary/aromatic N) is 3. The molecule has 1 unspecified atom stereocenters. The van der Waals surface area contributed by atoms with Crippen LogP contribution in [-0.2, 0) is 16.1 Å². The molecule has 0 radical (unpaired) electrons. The summed E-state index contributed by atoms with van der Waals surface area (Å²) in [6.45, 7) is 4.75. The third-order valence-corrected chi connectivity index (χ3v) is 5.12. The van der Waals surface area contributed by atoms with Crippen molar-refractivity contribution in [2.75, 3.05) is 32.8 Å². The largest absolute Gasteiger partial charge is 0.455 e. The van der Waals surface area contributed by atoms with Crippen LogP contribution >= 0.6 is 0 Å². The molecule has 2 fully saturated rings. The number of benzene rings is 1. The van der Waals surface area contributed by atoms with E-state index >= 15 is 0 Å². The summed E-state index contributed by atoms with van der Waals surface area (Å²) < 4.78 is 11.5. The number of carbonyl (C=O) groups is 1. The molecular weight excluding hydrogens is 342 g/mol. The van der Waals surface area contributed by atoms with Gasteiger partial charge in [-0.2, -0.15) is 0 Å². The smallest absolute Gasteiger partial charge is 0.251 e. The molecule has 1 aromatic carbocycles. The van der Waals surface area contributed by atoms with E-state index in [1.54, 1.807) is 12.4 Å². The van der Waals surface area contributed by atoms with Crippen molar-refractivity contribution in [1.82, 2.24) is 14.8 Å². The Morgan fingerprint density at radius 2 is 2.00 bits per heavy atom. The summed E-state index contributed by atoms with van der Waals surface area (Å²) in [5, 5.41) is 0. The van der Waals surface area contributed by atoms with Crippen LogP contribution in [0.1, 0.15) is 18.4 Å². The van der Waals surface area contributed by atoms with Crippen LogP contribution in [0.5, 0.6) is 11.5 Å². The van der Waals surface area contributed by atoms with Gasteiger partial charge in [0.2, 0.25) is 0 Å². The van der Waals surface area contributed by atoms with Crippen LogP contribution in [0.15, 0.2) is 48.8 Å². The Morgan fingerprint density at radius 3 is 2.74 bits per heavy atom. The molecule has 0 aliphatic carbocycles. The number of hydrogen-bond donors (Lipinski definition) is 0. The highest BCUT2D eigenvalue weighted by atomic mass is 16.5. The van der Waals surface area contributed by atoms with Crippen LogP contribution in [0.4, 0.5) is 0 Å². The maximum atomic E-state index is 12.5. The van der Waals surface area contributed by atoms with Crippen LogP contribution < -0.4 is 4.74 Å². The molecule has 27 heavy (non-hydrogen) atoms. The van der Waals surface area contributed by atoms with E-state index < -0.39 is 0 Å². The van der Waals surface area contributed by atoms with Crippen molar-refractivity contribution < 1.29 is 14.3 Å². The number of amides is 1. The van der Waals surface area contributed by atoms with Crippen molar-refractivity contribution in [1.29, 1.82) is 0 Å². The second-order valence-corrected chi connectivity index (χ2v) is 7.00. The molecule has 142 valence electrons. The van der Waals surface area contributed by atoms with Gasteiger partial charge in [-0.3, -0.25) is 14.7 Å². The summed E-state index contributed by atoms with van der Waals surface area (Å²) in [6.07, 6.45) is 5.08. The molecule has 2 aliphatic rings. The molecule has 6 heteroatoms. The monoisotopic (exact) mass is 367 g/mol. The first kappa shape index (κ1) is 17.9. The fraction of sp³-hybridized carbons (Fsp3) is 0.429. The quantitative estimate of drug-likeness (QED) is 0.813. The van der Waals surface area contributed by atoms with E-state index in [1.807, 2.05) is 35.2 Å². The zero-order valence-corrected chi connectivity index (χ0v) is 15.4. The standard InChI is InChI=1S/C21H25N3O3/c25-21(20-8-4-14-26-20)24-12-10-23(11-13-24)16-17-5-1-2-7-19(17)27-18-6-3-9-22-15-18/h1-3,5-7,9,15,20H,4,8,10-14,16H2. The van der Waals surface area contributed by atoms with Crippen molar-refractivity contribution in [3.05, 3.63) is 54.4 Å². The zero-order valence-electron chi connectivity index (χ0n) is 15.4. The molecule has 0 spiro atoms. The lowest BCUT2D eigenvalue weighted by atomic mass is 10.1.